The van der Waals surface area contributed by atoms with Gasteiger partial charge >= 0.3 is 12.1 Å². The smallest absolute Gasteiger partial charge is 0.471 e. The van der Waals surface area contributed by atoms with Crippen LogP contribution in [0.3, 0.4) is 0 Å². The van der Waals surface area contributed by atoms with E-state index < -0.39 is 12.1 Å². The number of hydrogen-bond donors (Lipinski definition) is 1. The van der Waals surface area contributed by atoms with Crippen LogP contribution in [0, 0.1) is 6.92 Å². The largest absolute Gasteiger partial charge is 0.496 e. The summed E-state index contributed by atoms with van der Waals surface area (Å²) in [6.45, 7) is 1.98. The molecule has 0 saturated carbocycles. The summed E-state index contributed by atoms with van der Waals surface area (Å²) in [4.78, 5) is 15.6. The van der Waals surface area contributed by atoms with Gasteiger partial charge in [0.15, 0.2) is 0 Å². The molecule has 4 nitrogen and oxygen atoms in total. The molecule has 26 heavy (non-hydrogen) atoms. The highest BCUT2D eigenvalue weighted by atomic mass is 19.4. The topological polar surface area (TPSA) is 51.2 Å². The van der Waals surface area contributed by atoms with Crippen molar-refractivity contribution >= 4 is 22.5 Å². The van der Waals surface area contributed by atoms with Crippen molar-refractivity contribution in [2.24, 2.45) is 0 Å². The second kappa shape index (κ2) is 6.67. The van der Waals surface area contributed by atoms with Crippen LogP contribution in [-0.4, -0.2) is 24.2 Å². The fourth-order valence-electron chi connectivity index (χ4n) is 2.52. The molecule has 3 rings (SSSR count). The first kappa shape index (κ1) is 17.7. The van der Waals surface area contributed by atoms with Crippen molar-refractivity contribution in [3.05, 3.63) is 54.1 Å². The molecule has 0 radical (unpaired) electrons. The molecule has 0 saturated heterocycles. The lowest BCUT2D eigenvalue weighted by Crippen LogP contribution is -2.29. The van der Waals surface area contributed by atoms with Crippen molar-refractivity contribution in [1.82, 2.24) is 4.98 Å². The van der Waals surface area contributed by atoms with Gasteiger partial charge in [-0.25, -0.2) is 4.98 Å². The quantitative estimate of drug-likeness (QED) is 0.735. The summed E-state index contributed by atoms with van der Waals surface area (Å²) < 4.78 is 42.6. The van der Waals surface area contributed by atoms with Gasteiger partial charge in [-0.15, -0.1) is 0 Å². The molecule has 1 aromatic heterocycles. The van der Waals surface area contributed by atoms with Crippen molar-refractivity contribution in [1.29, 1.82) is 0 Å². The number of nitrogens with zero attached hydrogens (tertiary/aromatic N) is 1. The van der Waals surface area contributed by atoms with Gasteiger partial charge < -0.3 is 10.1 Å². The fraction of sp³-hybridized carbons (Fsp3) is 0.158. The van der Waals surface area contributed by atoms with Gasteiger partial charge in [-0.1, -0.05) is 29.8 Å². The van der Waals surface area contributed by atoms with Crippen LogP contribution in [-0.2, 0) is 4.79 Å². The molecule has 0 spiro atoms. The standard InChI is InChI=1S/C19H15F3N2O2/c1-11-3-5-12(6-4-11)16-10-17(26-2)14-9-13(7-8-15(14)24-16)23-18(25)19(20,21)22/h3-10H,1-2H3,(H,23,25). The Morgan fingerprint density at radius 3 is 2.38 bits per heavy atom. The average molecular weight is 360 g/mol. The van der Waals surface area contributed by atoms with Crippen molar-refractivity contribution in [3.8, 4) is 17.0 Å². The Hall–Kier alpha value is -3.09. The Labute approximate surface area is 147 Å². The summed E-state index contributed by atoms with van der Waals surface area (Å²) in [7, 11) is 1.47. The normalized spacial score (nSPS) is 11.4. The maximum absolute atomic E-state index is 12.4. The highest BCUT2D eigenvalue weighted by Gasteiger charge is 2.38. The number of nitrogens with one attached hydrogen (secondary N) is 1. The van der Waals surface area contributed by atoms with Crippen LogP contribution in [0.2, 0.25) is 0 Å². The molecule has 0 aliphatic carbocycles. The maximum Gasteiger partial charge on any atom is 0.471 e. The second-order valence-electron chi connectivity index (χ2n) is 5.76. The molecule has 0 atom stereocenters. The van der Waals surface area contributed by atoms with Crippen molar-refractivity contribution in [3.63, 3.8) is 0 Å². The minimum absolute atomic E-state index is 0.0167. The number of aryl methyl sites for hydroxylation is 1. The zero-order valence-electron chi connectivity index (χ0n) is 14.0. The molecule has 134 valence electrons. The third kappa shape index (κ3) is 3.61. The third-order valence-corrected chi connectivity index (χ3v) is 3.85. The monoisotopic (exact) mass is 360 g/mol. The van der Waals surface area contributed by atoms with Gasteiger partial charge in [0.2, 0.25) is 0 Å². The van der Waals surface area contributed by atoms with E-state index in [2.05, 4.69) is 4.98 Å². The van der Waals surface area contributed by atoms with Crippen LogP contribution in [0.25, 0.3) is 22.2 Å². The second-order valence-corrected chi connectivity index (χ2v) is 5.76. The Balaban J connectivity index is 2.03. The molecule has 0 aliphatic heterocycles. The van der Waals surface area contributed by atoms with E-state index in [1.165, 1.54) is 19.2 Å². The van der Waals surface area contributed by atoms with Crippen molar-refractivity contribution in [2.75, 3.05) is 12.4 Å². The number of anilines is 1. The van der Waals surface area contributed by atoms with Crippen LogP contribution in [0.5, 0.6) is 5.75 Å². The molecular formula is C19H15F3N2O2. The first-order chi connectivity index (χ1) is 12.3. The van der Waals surface area contributed by atoms with Gasteiger partial charge in [0.05, 0.1) is 18.3 Å². The molecule has 0 bridgehead atoms. The summed E-state index contributed by atoms with van der Waals surface area (Å²) in [5.74, 6) is -1.58. The summed E-state index contributed by atoms with van der Waals surface area (Å²) in [6.07, 6.45) is -4.95. The van der Waals surface area contributed by atoms with Crippen molar-refractivity contribution in [2.45, 2.75) is 13.1 Å². The van der Waals surface area contributed by atoms with E-state index >= 15 is 0 Å². The van der Waals surface area contributed by atoms with E-state index in [1.807, 2.05) is 36.5 Å². The minimum atomic E-state index is -4.95. The van der Waals surface area contributed by atoms with Crippen molar-refractivity contribution < 1.29 is 22.7 Å². The van der Waals surface area contributed by atoms with Gasteiger partial charge in [-0.3, -0.25) is 4.79 Å². The lowest BCUT2D eigenvalue weighted by Gasteiger charge is -2.12. The minimum Gasteiger partial charge on any atom is -0.496 e. The number of fused-ring (bicyclic) bond motifs is 1. The summed E-state index contributed by atoms with van der Waals surface area (Å²) >= 11 is 0. The highest BCUT2D eigenvalue weighted by molar-refractivity contribution is 5.98. The summed E-state index contributed by atoms with van der Waals surface area (Å²) in [5, 5.41) is 2.33. The molecule has 3 aromatic rings. The molecule has 7 heteroatoms. The van der Waals surface area contributed by atoms with E-state index in [0.29, 0.717) is 22.3 Å². The first-order valence-electron chi connectivity index (χ1n) is 7.72. The number of carbonyl (C=O) groups excluding carboxylic acids is 1. The highest BCUT2D eigenvalue weighted by Crippen LogP contribution is 2.32. The Bertz CT molecular complexity index is 967. The molecule has 1 N–H and O–H groups in total. The van der Waals surface area contributed by atoms with Crippen LogP contribution >= 0.6 is 0 Å². The van der Waals surface area contributed by atoms with Crippen LogP contribution in [0.1, 0.15) is 5.56 Å². The molecular weight excluding hydrogens is 345 g/mol. The molecule has 0 unspecified atom stereocenters. The Morgan fingerprint density at radius 1 is 1.08 bits per heavy atom. The number of amides is 1. The van der Waals surface area contributed by atoms with E-state index in [-0.39, 0.29) is 5.69 Å². The average Bonchev–Trinajstić information content (AvgIpc) is 2.60. The number of halogens is 3. The molecule has 1 amide bonds. The van der Waals surface area contributed by atoms with Gasteiger partial charge in [0.1, 0.15) is 5.75 Å². The number of hydrogen-bond acceptors (Lipinski definition) is 3. The SMILES string of the molecule is COc1cc(-c2ccc(C)cc2)nc2ccc(NC(=O)C(F)(F)F)cc12. The van der Waals surface area contributed by atoms with Crippen LogP contribution < -0.4 is 10.1 Å². The van der Waals surface area contributed by atoms with Gasteiger partial charge in [-0.2, -0.15) is 13.2 Å². The van der Waals surface area contributed by atoms with Gasteiger partial charge in [-0.05, 0) is 25.1 Å². The number of benzene rings is 2. The van der Waals surface area contributed by atoms with Gasteiger partial charge in [0, 0.05) is 22.7 Å². The third-order valence-electron chi connectivity index (χ3n) is 3.85. The predicted octanol–water partition coefficient (Wildman–Crippen LogP) is 4.72. The number of aromatic nitrogens is 1. The molecule has 1 heterocycles. The summed E-state index contributed by atoms with van der Waals surface area (Å²) in [6, 6.07) is 13.8. The zero-order chi connectivity index (χ0) is 18.9. The molecule has 0 aliphatic rings. The Kier molecular flexibility index (Phi) is 4.54. The summed E-state index contributed by atoms with van der Waals surface area (Å²) in [5.41, 5.74) is 3.26. The lowest BCUT2D eigenvalue weighted by atomic mass is 10.1. The molecule has 2 aromatic carbocycles. The van der Waals surface area contributed by atoms with E-state index in [0.717, 1.165) is 11.1 Å². The fourth-order valence-corrected chi connectivity index (χ4v) is 2.52. The van der Waals surface area contributed by atoms with Gasteiger partial charge in [0.25, 0.3) is 0 Å². The first-order valence-corrected chi connectivity index (χ1v) is 7.72. The zero-order valence-corrected chi connectivity index (χ0v) is 14.0. The van der Waals surface area contributed by atoms with E-state index in [9.17, 15) is 18.0 Å². The lowest BCUT2D eigenvalue weighted by molar-refractivity contribution is -0.167. The van der Waals surface area contributed by atoms with Crippen LogP contribution in [0.4, 0.5) is 18.9 Å². The number of pyridine rings is 1. The molecule has 0 fully saturated rings. The van der Waals surface area contributed by atoms with E-state index in [4.69, 9.17) is 4.74 Å². The number of methoxy groups -OCH3 is 1. The number of carbonyl (C=O) groups is 1. The maximum atomic E-state index is 12.4. The predicted molar refractivity (Wildman–Crippen MR) is 93.2 cm³/mol. The number of alkyl halides is 3. The number of rotatable bonds is 3. The number of ether oxygens (including phenoxy) is 1. The van der Waals surface area contributed by atoms with Crippen LogP contribution in [0.15, 0.2) is 48.5 Å². The Morgan fingerprint density at radius 2 is 1.77 bits per heavy atom. The van der Waals surface area contributed by atoms with E-state index in [1.54, 1.807) is 12.1 Å².